The van der Waals surface area contributed by atoms with E-state index in [9.17, 15) is 4.79 Å². The van der Waals surface area contributed by atoms with E-state index >= 15 is 0 Å². The Kier molecular flexibility index (Phi) is 6.61. The van der Waals surface area contributed by atoms with Crippen LogP contribution in [0.3, 0.4) is 0 Å². The molecule has 2 fully saturated rings. The highest BCUT2D eigenvalue weighted by Crippen LogP contribution is 2.25. The van der Waals surface area contributed by atoms with Crippen LogP contribution < -0.4 is 5.73 Å². The van der Waals surface area contributed by atoms with Crippen LogP contribution in [0.4, 0.5) is 0 Å². The molecule has 1 aliphatic heterocycles. The Labute approximate surface area is 155 Å². The van der Waals surface area contributed by atoms with Crippen molar-refractivity contribution in [1.29, 1.82) is 0 Å². The highest BCUT2D eigenvalue weighted by molar-refractivity contribution is 5.79. The minimum Gasteiger partial charge on any atom is -0.371 e. The lowest BCUT2D eigenvalue weighted by Crippen LogP contribution is -2.51. The monoisotopic (exact) mass is 365 g/mol. The number of nitrogens with zero attached hydrogens (tertiary/aromatic N) is 4. The average molecular weight is 365 g/mol. The summed E-state index contributed by atoms with van der Waals surface area (Å²) in [5.74, 6) is 1.59. The Balaban J connectivity index is 1.46. The minimum absolute atomic E-state index is 0.115. The van der Waals surface area contributed by atoms with Gasteiger partial charge in [0.25, 0.3) is 0 Å². The number of hydrogen-bond donors (Lipinski definition) is 1. The second-order valence-corrected chi connectivity index (χ2v) is 7.37. The molecule has 1 saturated carbocycles. The van der Waals surface area contributed by atoms with Gasteiger partial charge in [0.15, 0.2) is 5.82 Å². The molecule has 2 heterocycles. The first-order chi connectivity index (χ1) is 12.6. The van der Waals surface area contributed by atoms with E-state index in [0.29, 0.717) is 24.9 Å². The highest BCUT2D eigenvalue weighted by Gasteiger charge is 2.31. The SMILES string of the molecule is CCOC(C)c1noc(CN2CCN(C(=O)C3CCCC(N)C3)CC2)n1. The van der Waals surface area contributed by atoms with E-state index in [-0.39, 0.29) is 24.0 Å². The number of rotatable bonds is 6. The lowest BCUT2D eigenvalue weighted by Gasteiger charge is -2.37. The van der Waals surface area contributed by atoms with Crippen molar-refractivity contribution in [3.63, 3.8) is 0 Å². The molecule has 1 saturated heterocycles. The van der Waals surface area contributed by atoms with Crippen LogP contribution in [0.2, 0.25) is 0 Å². The minimum atomic E-state index is -0.158. The van der Waals surface area contributed by atoms with Crippen LogP contribution in [-0.4, -0.2) is 64.7 Å². The van der Waals surface area contributed by atoms with E-state index < -0.39 is 0 Å². The van der Waals surface area contributed by atoms with Gasteiger partial charge in [-0.1, -0.05) is 11.6 Å². The predicted octanol–water partition coefficient (Wildman–Crippen LogP) is 1.33. The van der Waals surface area contributed by atoms with Crippen LogP contribution >= 0.6 is 0 Å². The van der Waals surface area contributed by atoms with Crippen molar-refractivity contribution < 1.29 is 14.1 Å². The highest BCUT2D eigenvalue weighted by atomic mass is 16.5. The molecule has 0 spiro atoms. The molecule has 146 valence electrons. The number of hydrogen-bond acceptors (Lipinski definition) is 7. The van der Waals surface area contributed by atoms with E-state index in [2.05, 4.69) is 15.0 Å². The average Bonchev–Trinajstić information content (AvgIpc) is 3.11. The summed E-state index contributed by atoms with van der Waals surface area (Å²) in [5.41, 5.74) is 6.03. The molecule has 3 unspecified atom stereocenters. The van der Waals surface area contributed by atoms with Crippen LogP contribution in [-0.2, 0) is 16.1 Å². The molecule has 3 rings (SSSR count). The number of nitrogens with two attached hydrogens (primary N) is 1. The lowest BCUT2D eigenvalue weighted by molar-refractivity contribution is -0.138. The molecule has 1 amide bonds. The van der Waals surface area contributed by atoms with Gasteiger partial charge in [0, 0.05) is 44.7 Å². The van der Waals surface area contributed by atoms with Crippen molar-refractivity contribution in [1.82, 2.24) is 19.9 Å². The normalized spacial score (nSPS) is 26.0. The van der Waals surface area contributed by atoms with E-state index in [0.717, 1.165) is 51.9 Å². The Bertz CT molecular complexity index is 585. The van der Waals surface area contributed by atoms with Crippen molar-refractivity contribution >= 4 is 5.91 Å². The van der Waals surface area contributed by atoms with Crippen LogP contribution in [0.1, 0.15) is 57.3 Å². The molecule has 0 aromatic carbocycles. The van der Waals surface area contributed by atoms with Crippen molar-refractivity contribution in [2.45, 2.75) is 58.2 Å². The van der Waals surface area contributed by atoms with Crippen molar-refractivity contribution in [2.24, 2.45) is 11.7 Å². The molecule has 0 radical (unpaired) electrons. The zero-order valence-corrected chi connectivity index (χ0v) is 15.9. The summed E-state index contributed by atoms with van der Waals surface area (Å²) in [6.07, 6.45) is 3.77. The summed E-state index contributed by atoms with van der Waals surface area (Å²) >= 11 is 0. The molecule has 1 aromatic rings. The first-order valence-corrected chi connectivity index (χ1v) is 9.77. The summed E-state index contributed by atoms with van der Waals surface area (Å²) in [7, 11) is 0. The van der Waals surface area contributed by atoms with E-state index in [1.54, 1.807) is 0 Å². The van der Waals surface area contributed by atoms with Gasteiger partial charge in [-0.05, 0) is 33.1 Å². The van der Waals surface area contributed by atoms with Crippen LogP contribution in [0.25, 0.3) is 0 Å². The maximum absolute atomic E-state index is 12.7. The van der Waals surface area contributed by atoms with Gasteiger partial charge >= 0.3 is 0 Å². The Morgan fingerprint density at radius 1 is 1.35 bits per heavy atom. The first-order valence-electron chi connectivity index (χ1n) is 9.77. The molecule has 1 aliphatic carbocycles. The summed E-state index contributed by atoms with van der Waals surface area (Å²) in [6.45, 7) is 8.24. The maximum Gasteiger partial charge on any atom is 0.240 e. The Morgan fingerprint density at radius 3 is 2.81 bits per heavy atom. The first kappa shape index (κ1) is 19.3. The number of amides is 1. The molecule has 8 heteroatoms. The molecule has 26 heavy (non-hydrogen) atoms. The smallest absolute Gasteiger partial charge is 0.240 e. The van der Waals surface area contributed by atoms with Gasteiger partial charge in [0.1, 0.15) is 6.10 Å². The predicted molar refractivity (Wildman–Crippen MR) is 96.1 cm³/mol. The van der Waals surface area contributed by atoms with Gasteiger partial charge in [-0.2, -0.15) is 4.98 Å². The van der Waals surface area contributed by atoms with Gasteiger partial charge in [-0.25, -0.2) is 0 Å². The summed E-state index contributed by atoms with van der Waals surface area (Å²) in [4.78, 5) is 21.4. The van der Waals surface area contributed by atoms with Gasteiger partial charge in [0.05, 0.1) is 6.54 Å². The maximum atomic E-state index is 12.7. The fraction of sp³-hybridized carbons (Fsp3) is 0.833. The third kappa shape index (κ3) is 4.81. The zero-order valence-electron chi connectivity index (χ0n) is 15.9. The van der Waals surface area contributed by atoms with Crippen LogP contribution in [0.5, 0.6) is 0 Å². The number of aromatic nitrogens is 2. The van der Waals surface area contributed by atoms with E-state index in [4.69, 9.17) is 15.0 Å². The molecule has 1 aromatic heterocycles. The van der Waals surface area contributed by atoms with Crippen molar-refractivity contribution in [3.8, 4) is 0 Å². The quantitative estimate of drug-likeness (QED) is 0.812. The van der Waals surface area contributed by atoms with Gasteiger partial charge in [-0.15, -0.1) is 0 Å². The second kappa shape index (κ2) is 8.92. The topological polar surface area (TPSA) is 97.7 Å². The third-order valence-electron chi connectivity index (χ3n) is 5.37. The summed E-state index contributed by atoms with van der Waals surface area (Å²) in [5, 5.41) is 4.00. The van der Waals surface area contributed by atoms with Gasteiger partial charge in [-0.3, -0.25) is 9.69 Å². The second-order valence-electron chi connectivity index (χ2n) is 7.37. The molecule has 0 bridgehead atoms. The molecule has 3 atom stereocenters. The van der Waals surface area contributed by atoms with Crippen LogP contribution in [0, 0.1) is 5.92 Å². The summed E-state index contributed by atoms with van der Waals surface area (Å²) < 4.78 is 10.8. The fourth-order valence-electron chi connectivity index (χ4n) is 3.85. The van der Waals surface area contributed by atoms with E-state index in [1.165, 1.54) is 0 Å². The lowest BCUT2D eigenvalue weighted by atomic mass is 9.85. The van der Waals surface area contributed by atoms with Gasteiger partial charge < -0.3 is 19.9 Å². The number of carbonyl (C=O) groups excluding carboxylic acids is 1. The third-order valence-corrected chi connectivity index (χ3v) is 5.37. The van der Waals surface area contributed by atoms with Crippen LogP contribution in [0.15, 0.2) is 4.52 Å². The number of ether oxygens (including phenoxy) is 1. The number of carbonyl (C=O) groups is 1. The molecule has 2 aliphatic rings. The Hall–Kier alpha value is -1.51. The van der Waals surface area contributed by atoms with E-state index in [1.807, 2.05) is 18.7 Å². The zero-order chi connectivity index (χ0) is 18.5. The van der Waals surface area contributed by atoms with Crippen molar-refractivity contribution in [3.05, 3.63) is 11.7 Å². The molecule has 8 nitrogen and oxygen atoms in total. The van der Waals surface area contributed by atoms with Crippen molar-refractivity contribution in [2.75, 3.05) is 32.8 Å². The molecule has 2 N–H and O–H groups in total. The Morgan fingerprint density at radius 2 is 2.12 bits per heavy atom. The molecular weight excluding hydrogens is 334 g/mol. The standard InChI is InChI=1S/C18H31N5O3/c1-3-25-13(2)17-20-16(26-21-17)12-22-7-9-23(10-8-22)18(24)14-5-4-6-15(19)11-14/h13-15H,3-12,19H2,1-2H3. The molecular formula is C18H31N5O3. The summed E-state index contributed by atoms with van der Waals surface area (Å²) in [6, 6.07) is 0.185. The fourth-order valence-corrected chi connectivity index (χ4v) is 3.85. The van der Waals surface area contributed by atoms with Gasteiger partial charge in [0.2, 0.25) is 11.8 Å². The largest absolute Gasteiger partial charge is 0.371 e. The number of piperazine rings is 1.